The number of hydrogen-bond donors (Lipinski definition) is 1. The van der Waals surface area contributed by atoms with Gasteiger partial charge >= 0.3 is 5.97 Å². The monoisotopic (exact) mass is 370 g/mol. The van der Waals surface area contributed by atoms with E-state index in [4.69, 9.17) is 5.11 Å². The van der Waals surface area contributed by atoms with Crippen molar-refractivity contribution in [2.24, 2.45) is 0 Å². The van der Waals surface area contributed by atoms with Gasteiger partial charge < -0.3 is 14.9 Å². The topological polar surface area (TPSA) is 77.9 Å². The summed E-state index contributed by atoms with van der Waals surface area (Å²) in [6.45, 7) is 2.96. The third-order valence-corrected chi connectivity index (χ3v) is 4.63. The molecule has 1 saturated heterocycles. The molecule has 1 fully saturated rings. The van der Waals surface area contributed by atoms with E-state index in [1.807, 2.05) is 0 Å². The van der Waals surface area contributed by atoms with Crippen molar-refractivity contribution in [1.82, 2.24) is 9.80 Å². The van der Waals surface area contributed by atoms with Crippen LogP contribution in [0.25, 0.3) is 0 Å². The molecular formula is C20H19FN2O4. The minimum atomic E-state index is -1.09. The van der Waals surface area contributed by atoms with Gasteiger partial charge in [0, 0.05) is 37.3 Å². The van der Waals surface area contributed by atoms with Crippen LogP contribution in [0, 0.1) is 12.7 Å². The zero-order valence-electron chi connectivity index (χ0n) is 14.8. The molecule has 1 heterocycles. The van der Waals surface area contributed by atoms with E-state index in [2.05, 4.69) is 0 Å². The summed E-state index contributed by atoms with van der Waals surface area (Å²) in [7, 11) is 0. The molecule has 140 valence electrons. The highest BCUT2D eigenvalue weighted by atomic mass is 19.1. The summed E-state index contributed by atoms with van der Waals surface area (Å²) in [6, 6.07) is 10.3. The van der Waals surface area contributed by atoms with E-state index in [9.17, 15) is 18.8 Å². The van der Waals surface area contributed by atoms with Crippen molar-refractivity contribution >= 4 is 17.8 Å². The highest BCUT2D eigenvalue weighted by Gasteiger charge is 2.26. The van der Waals surface area contributed by atoms with Crippen molar-refractivity contribution in [2.45, 2.75) is 6.92 Å². The lowest BCUT2D eigenvalue weighted by atomic mass is 10.1. The summed E-state index contributed by atoms with van der Waals surface area (Å²) in [5.41, 5.74) is 1.11. The molecule has 1 aliphatic heterocycles. The van der Waals surface area contributed by atoms with Gasteiger partial charge in [-0.1, -0.05) is 12.1 Å². The molecule has 1 N–H and O–H groups in total. The third kappa shape index (κ3) is 3.97. The number of carboxylic acids is 1. The first kappa shape index (κ1) is 18.6. The first-order chi connectivity index (χ1) is 12.9. The molecule has 0 radical (unpaired) electrons. The second kappa shape index (κ2) is 7.57. The zero-order chi connectivity index (χ0) is 19.6. The van der Waals surface area contributed by atoms with E-state index < -0.39 is 11.8 Å². The predicted octanol–water partition coefficient (Wildman–Crippen LogP) is 2.43. The number of carbonyl (C=O) groups is 3. The number of piperazine rings is 1. The Labute approximate surface area is 155 Å². The number of halogens is 1. The minimum Gasteiger partial charge on any atom is -0.478 e. The number of benzene rings is 2. The lowest BCUT2D eigenvalue weighted by molar-refractivity contribution is 0.0535. The molecule has 0 atom stereocenters. The van der Waals surface area contributed by atoms with Gasteiger partial charge in [0.05, 0.1) is 5.56 Å². The molecule has 0 aliphatic carbocycles. The summed E-state index contributed by atoms with van der Waals surface area (Å²) in [5.74, 6) is -2.06. The Hall–Kier alpha value is -3.22. The molecule has 0 bridgehead atoms. The largest absolute Gasteiger partial charge is 0.478 e. The fourth-order valence-electron chi connectivity index (χ4n) is 2.99. The summed E-state index contributed by atoms with van der Waals surface area (Å²) < 4.78 is 13.7. The van der Waals surface area contributed by atoms with Gasteiger partial charge in [-0.15, -0.1) is 0 Å². The van der Waals surface area contributed by atoms with Gasteiger partial charge in [0.25, 0.3) is 11.8 Å². The first-order valence-corrected chi connectivity index (χ1v) is 8.55. The Bertz CT molecular complexity index is 905. The van der Waals surface area contributed by atoms with Gasteiger partial charge in [-0.25, -0.2) is 9.18 Å². The Balaban J connectivity index is 1.65. The summed E-state index contributed by atoms with van der Waals surface area (Å²) >= 11 is 0. The van der Waals surface area contributed by atoms with E-state index in [0.29, 0.717) is 37.3 Å². The Morgan fingerprint density at radius 3 is 1.89 bits per heavy atom. The molecule has 1 aliphatic rings. The summed E-state index contributed by atoms with van der Waals surface area (Å²) in [6.07, 6.45) is 0. The number of nitrogens with zero attached hydrogens (tertiary/aromatic N) is 2. The molecule has 27 heavy (non-hydrogen) atoms. The molecule has 3 rings (SSSR count). The Morgan fingerprint density at radius 1 is 0.852 bits per heavy atom. The highest BCUT2D eigenvalue weighted by Crippen LogP contribution is 2.15. The molecule has 6 nitrogen and oxygen atoms in total. The van der Waals surface area contributed by atoms with Gasteiger partial charge in [0.15, 0.2) is 0 Å². The second-order valence-corrected chi connectivity index (χ2v) is 6.43. The number of amides is 2. The summed E-state index contributed by atoms with van der Waals surface area (Å²) in [4.78, 5) is 39.3. The van der Waals surface area contributed by atoms with Crippen molar-refractivity contribution < 1.29 is 23.9 Å². The summed E-state index contributed by atoms with van der Waals surface area (Å²) in [5, 5.41) is 9.05. The van der Waals surface area contributed by atoms with Crippen LogP contribution in [0.4, 0.5) is 4.39 Å². The number of hydrogen-bond acceptors (Lipinski definition) is 3. The van der Waals surface area contributed by atoms with E-state index >= 15 is 0 Å². The van der Waals surface area contributed by atoms with E-state index in [1.165, 1.54) is 24.3 Å². The van der Waals surface area contributed by atoms with Crippen LogP contribution >= 0.6 is 0 Å². The van der Waals surface area contributed by atoms with Crippen molar-refractivity contribution in [3.8, 4) is 0 Å². The molecule has 2 aromatic carbocycles. The van der Waals surface area contributed by atoms with Crippen LogP contribution in [0.15, 0.2) is 42.5 Å². The fourth-order valence-corrected chi connectivity index (χ4v) is 2.99. The SMILES string of the molecule is Cc1ccc(C(=O)N2CCN(C(=O)c3cccc(C(=O)O)c3)CC2)cc1F. The quantitative estimate of drug-likeness (QED) is 0.900. The van der Waals surface area contributed by atoms with Crippen molar-refractivity contribution in [2.75, 3.05) is 26.2 Å². The molecule has 0 aromatic heterocycles. The second-order valence-electron chi connectivity index (χ2n) is 6.43. The van der Waals surface area contributed by atoms with Gasteiger partial charge in [0.1, 0.15) is 5.82 Å². The van der Waals surface area contributed by atoms with Gasteiger partial charge in [-0.2, -0.15) is 0 Å². The van der Waals surface area contributed by atoms with Crippen LogP contribution in [0.1, 0.15) is 36.6 Å². The number of aryl methyl sites for hydroxylation is 1. The lowest BCUT2D eigenvalue weighted by Gasteiger charge is -2.35. The van der Waals surface area contributed by atoms with Crippen LogP contribution < -0.4 is 0 Å². The van der Waals surface area contributed by atoms with Crippen LogP contribution in [-0.4, -0.2) is 58.9 Å². The van der Waals surface area contributed by atoms with Crippen LogP contribution in [-0.2, 0) is 0 Å². The average Bonchev–Trinajstić information content (AvgIpc) is 2.69. The number of rotatable bonds is 3. The standard InChI is InChI=1S/C20H19FN2O4/c1-13-5-6-15(12-17(13)21)19(25)23-9-7-22(8-10-23)18(24)14-3-2-4-16(11-14)20(26)27/h2-6,11-12H,7-10H2,1H3,(H,26,27). The molecule has 0 saturated carbocycles. The number of carboxylic acid groups (broad SMARTS) is 1. The first-order valence-electron chi connectivity index (χ1n) is 8.55. The van der Waals surface area contributed by atoms with Crippen LogP contribution in [0.2, 0.25) is 0 Å². The average molecular weight is 370 g/mol. The lowest BCUT2D eigenvalue weighted by Crippen LogP contribution is -2.50. The van der Waals surface area contributed by atoms with E-state index in [1.54, 1.807) is 34.9 Å². The molecule has 2 aromatic rings. The Kier molecular flexibility index (Phi) is 5.21. The molecule has 0 spiro atoms. The normalized spacial score (nSPS) is 14.1. The highest BCUT2D eigenvalue weighted by molar-refractivity contribution is 5.98. The smallest absolute Gasteiger partial charge is 0.335 e. The van der Waals surface area contributed by atoms with Crippen molar-refractivity contribution in [3.63, 3.8) is 0 Å². The maximum atomic E-state index is 13.7. The van der Waals surface area contributed by atoms with Crippen molar-refractivity contribution in [3.05, 3.63) is 70.5 Å². The maximum absolute atomic E-state index is 13.7. The van der Waals surface area contributed by atoms with E-state index in [0.717, 1.165) is 0 Å². The third-order valence-electron chi connectivity index (χ3n) is 4.63. The van der Waals surface area contributed by atoms with Gasteiger partial charge in [0.2, 0.25) is 0 Å². The number of aromatic carboxylic acids is 1. The van der Waals surface area contributed by atoms with Crippen LogP contribution in [0.3, 0.4) is 0 Å². The zero-order valence-corrected chi connectivity index (χ0v) is 14.8. The Morgan fingerprint density at radius 2 is 1.37 bits per heavy atom. The number of carbonyl (C=O) groups excluding carboxylic acids is 2. The predicted molar refractivity (Wildman–Crippen MR) is 96.3 cm³/mol. The molecular weight excluding hydrogens is 351 g/mol. The van der Waals surface area contributed by atoms with E-state index in [-0.39, 0.29) is 22.9 Å². The van der Waals surface area contributed by atoms with Crippen LogP contribution in [0.5, 0.6) is 0 Å². The minimum absolute atomic E-state index is 0.0519. The fraction of sp³-hybridized carbons (Fsp3) is 0.250. The molecule has 0 unspecified atom stereocenters. The molecule has 2 amide bonds. The molecule has 7 heteroatoms. The van der Waals surface area contributed by atoms with Crippen molar-refractivity contribution in [1.29, 1.82) is 0 Å². The van der Waals surface area contributed by atoms with Gasteiger partial charge in [-0.05, 0) is 42.8 Å². The maximum Gasteiger partial charge on any atom is 0.335 e. The van der Waals surface area contributed by atoms with Gasteiger partial charge in [-0.3, -0.25) is 9.59 Å².